The molecule has 7 heteroatoms. The maximum atomic E-state index is 13.2. The van der Waals surface area contributed by atoms with E-state index in [9.17, 15) is 9.59 Å². The predicted octanol–water partition coefficient (Wildman–Crippen LogP) is 1.25. The summed E-state index contributed by atoms with van der Waals surface area (Å²) in [5, 5.41) is 7.37. The molecule has 1 aliphatic carbocycles. The normalized spacial score (nSPS) is 17.7. The van der Waals surface area contributed by atoms with Crippen molar-refractivity contribution in [3.05, 3.63) is 47.8 Å². The lowest BCUT2D eigenvalue weighted by molar-refractivity contribution is -0.122. The largest absolute Gasteiger partial charge is 0.358 e. The second-order valence-electron chi connectivity index (χ2n) is 7.22. The molecule has 27 heavy (non-hydrogen) atoms. The standard InChI is InChI=1S/C20H25N5O2/c1-21-19(26)14-23-9-11-24(12-10-23)20(27)18-13-17(15-7-8-15)22-25(18)16-5-3-2-4-6-16/h2-6,13,15H,7-12,14H2,1H3,(H,21,26). The van der Waals surface area contributed by atoms with Gasteiger partial charge in [-0.15, -0.1) is 0 Å². The Morgan fingerprint density at radius 1 is 1.11 bits per heavy atom. The van der Waals surface area contributed by atoms with Crippen LogP contribution in [0.15, 0.2) is 36.4 Å². The van der Waals surface area contributed by atoms with Gasteiger partial charge in [0, 0.05) is 39.1 Å². The van der Waals surface area contributed by atoms with Gasteiger partial charge in [0.05, 0.1) is 17.9 Å². The average molecular weight is 367 g/mol. The lowest BCUT2D eigenvalue weighted by atomic mass is 10.2. The molecule has 0 spiro atoms. The highest BCUT2D eigenvalue weighted by Crippen LogP contribution is 2.39. The number of para-hydroxylation sites is 1. The lowest BCUT2D eigenvalue weighted by Crippen LogP contribution is -2.51. The summed E-state index contributed by atoms with van der Waals surface area (Å²) >= 11 is 0. The van der Waals surface area contributed by atoms with E-state index in [1.165, 1.54) is 0 Å². The number of nitrogens with zero attached hydrogens (tertiary/aromatic N) is 4. The summed E-state index contributed by atoms with van der Waals surface area (Å²) in [6.45, 7) is 3.03. The molecular formula is C20H25N5O2. The Balaban J connectivity index is 1.51. The van der Waals surface area contributed by atoms with Crippen LogP contribution in [0.2, 0.25) is 0 Å². The van der Waals surface area contributed by atoms with Crippen molar-refractivity contribution in [1.82, 2.24) is 24.9 Å². The number of nitrogens with one attached hydrogen (secondary N) is 1. The van der Waals surface area contributed by atoms with E-state index in [0.29, 0.717) is 44.3 Å². The van der Waals surface area contributed by atoms with Gasteiger partial charge in [0.1, 0.15) is 5.69 Å². The number of rotatable bonds is 5. The number of piperazine rings is 1. The van der Waals surface area contributed by atoms with Gasteiger partial charge in [0.25, 0.3) is 5.91 Å². The first kappa shape index (κ1) is 17.7. The van der Waals surface area contributed by atoms with Gasteiger partial charge in [-0.2, -0.15) is 5.10 Å². The minimum absolute atomic E-state index is 0.00556. The molecule has 2 fully saturated rings. The zero-order valence-electron chi connectivity index (χ0n) is 15.6. The fourth-order valence-corrected chi connectivity index (χ4v) is 3.45. The van der Waals surface area contributed by atoms with E-state index in [2.05, 4.69) is 10.2 Å². The summed E-state index contributed by atoms with van der Waals surface area (Å²) in [7, 11) is 1.64. The number of benzene rings is 1. The second-order valence-corrected chi connectivity index (χ2v) is 7.22. The van der Waals surface area contributed by atoms with Gasteiger partial charge in [-0.25, -0.2) is 4.68 Å². The van der Waals surface area contributed by atoms with E-state index in [1.807, 2.05) is 41.3 Å². The molecular weight excluding hydrogens is 342 g/mol. The quantitative estimate of drug-likeness (QED) is 0.864. The van der Waals surface area contributed by atoms with Gasteiger partial charge in [-0.05, 0) is 31.0 Å². The fourth-order valence-electron chi connectivity index (χ4n) is 3.45. The first-order chi connectivity index (χ1) is 13.2. The van der Waals surface area contributed by atoms with Crippen molar-refractivity contribution in [2.75, 3.05) is 39.8 Å². The molecule has 2 amide bonds. The van der Waals surface area contributed by atoms with Gasteiger partial charge >= 0.3 is 0 Å². The summed E-state index contributed by atoms with van der Waals surface area (Å²) in [5.74, 6) is 0.509. The molecule has 4 rings (SSSR count). The van der Waals surface area contributed by atoms with Crippen LogP contribution >= 0.6 is 0 Å². The van der Waals surface area contributed by atoms with E-state index in [0.717, 1.165) is 24.2 Å². The summed E-state index contributed by atoms with van der Waals surface area (Å²) in [6.07, 6.45) is 2.30. The number of hydrogen-bond donors (Lipinski definition) is 1. The smallest absolute Gasteiger partial charge is 0.272 e. The number of aromatic nitrogens is 2. The minimum Gasteiger partial charge on any atom is -0.358 e. The highest BCUT2D eigenvalue weighted by molar-refractivity contribution is 5.93. The summed E-state index contributed by atoms with van der Waals surface area (Å²) in [6, 6.07) is 11.8. The predicted molar refractivity (Wildman–Crippen MR) is 102 cm³/mol. The number of hydrogen-bond acceptors (Lipinski definition) is 4. The lowest BCUT2D eigenvalue weighted by Gasteiger charge is -2.34. The van der Waals surface area contributed by atoms with Crippen molar-refractivity contribution < 1.29 is 9.59 Å². The van der Waals surface area contributed by atoms with Crippen molar-refractivity contribution in [3.63, 3.8) is 0 Å². The Hall–Kier alpha value is -2.67. The van der Waals surface area contributed by atoms with Crippen LogP contribution in [0, 0.1) is 0 Å². The number of carbonyl (C=O) groups is 2. The molecule has 2 aliphatic rings. The third-order valence-corrected chi connectivity index (χ3v) is 5.25. The number of carbonyl (C=O) groups excluding carboxylic acids is 2. The van der Waals surface area contributed by atoms with Crippen molar-refractivity contribution >= 4 is 11.8 Å². The molecule has 7 nitrogen and oxygen atoms in total. The van der Waals surface area contributed by atoms with Crippen molar-refractivity contribution in [2.45, 2.75) is 18.8 Å². The van der Waals surface area contributed by atoms with Crippen molar-refractivity contribution in [2.24, 2.45) is 0 Å². The molecule has 0 radical (unpaired) electrons. The van der Waals surface area contributed by atoms with Crippen molar-refractivity contribution in [1.29, 1.82) is 0 Å². The third kappa shape index (κ3) is 3.88. The average Bonchev–Trinajstić information content (AvgIpc) is 3.47. The molecule has 1 aromatic heterocycles. The molecule has 1 saturated heterocycles. The van der Waals surface area contributed by atoms with E-state index < -0.39 is 0 Å². The van der Waals surface area contributed by atoms with Gasteiger partial charge in [0.2, 0.25) is 5.91 Å². The molecule has 1 aliphatic heterocycles. The summed E-state index contributed by atoms with van der Waals surface area (Å²) in [5.41, 5.74) is 2.55. The molecule has 0 atom stereocenters. The molecule has 0 unspecified atom stereocenters. The molecule has 0 bridgehead atoms. The van der Waals surface area contributed by atoms with E-state index in [-0.39, 0.29) is 11.8 Å². The van der Waals surface area contributed by atoms with Gasteiger partial charge in [0.15, 0.2) is 0 Å². The minimum atomic E-state index is 0.00556. The zero-order valence-corrected chi connectivity index (χ0v) is 15.6. The van der Waals surface area contributed by atoms with E-state index in [1.54, 1.807) is 11.7 Å². The maximum absolute atomic E-state index is 13.2. The van der Waals surface area contributed by atoms with Gasteiger partial charge < -0.3 is 10.2 Å². The van der Waals surface area contributed by atoms with Crippen LogP contribution in [-0.4, -0.2) is 71.2 Å². The Morgan fingerprint density at radius 3 is 2.44 bits per heavy atom. The maximum Gasteiger partial charge on any atom is 0.272 e. The zero-order chi connectivity index (χ0) is 18.8. The molecule has 1 N–H and O–H groups in total. The van der Waals surface area contributed by atoms with Crippen LogP contribution in [0.4, 0.5) is 0 Å². The second kappa shape index (κ2) is 7.52. The highest BCUT2D eigenvalue weighted by Gasteiger charge is 2.31. The number of amides is 2. The van der Waals surface area contributed by atoms with Gasteiger partial charge in [-0.3, -0.25) is 14.5 Å². The molecule has 142 valence electrons. The van der Waals surface area contributed by atoms with E-state index >= 15 is 0 Å². The van der Waals surface area contributed by atoms with E-state index in [4.69, 9.17) is 5.10 Å². The molecule has 1 aromatic carbocycles. The first-order valence-corrected chi connectivity index (χ1v) is 9.53. The topological polar surface area (TPSA) is 70.5 Å². The van der Waals surface area contributed by atoms with Crippen molar-refractivity contribution in [3.8, 4) is 5.69 Å². The van der Waals surface area contributed by atoms with Crippen LogP contribution in [0.3, 0.4) is 0 Å². The number of likely N-dealkylation sites (N-methyl/N-ethyl adjacent to an activating group) is 1. The Bertz CT molecular complexity index is 820. The first-order valence-electron chi connectivity index (χ1n) is 9.53. The highest BCUT2D eigenvalue weighted by atomic mass is 16.2. The summed E-state index contributed by atoms with van der Waals surface area (Å²) in [4.78, 5) is 28.7. The molecule has 1 saturated carbocycles. The van der Waals surface area contributed by atoms with Crippen LogP contribution in [-0.2, 0) is 4.79 Å². The molecule has 2 aromatic rings. The van der Waals surface area contributed by atoms with Crippen LogP contribution in [0.1, 0.15) is 34.9 Å². The monoisotopic (exact) mass is 367 g/mol. The SMILES string of the molecule is CNC(=O)CN1CCN(C(=O)c2cc(C3CC3)nn2-c2ccccc2)CC1. The Labute approximate surface area is 158 Å². The fraction of sp³-hybridized carbons (Fsp3) is 0.450. The molecule has 2 heterocycles. The third-order valence-electron chi connectivity index (χ3n) is 5.25. The van der Waals surface area contributed by atoms with Crippen LogP contribution in [0.25, 0.3) is 5.69 Å². The van der Waals surface area contributed by atoms with Crippen LogP contribution < -0.4 is 5.32 Å². The van der Waals surface area contributed by atoms with Gasteiger partial charge in [-0.1, -0.05) is 18.2 Å². The Kier molecular flexibility index (Phi) is 4.94. The van der Waals surface area contributed by atoms with Crippen LogP contribution in [0.5, 0.6) is 0 Å². The summed E-state index contributed by atoms with van der Waals surface area (Å²) < 4.78 is 1.78. The Morgan fingerprint density at radius 2 is 1.81 bits per heavy atom.